The van der Waals surface area contributed by atoms with Gasteiger partial charge in [-0.25, -0.2) is 0 Å². The monoisotopic (exact) mass is 270 g/mol. The number of hydrogen-bond acceptors (Lipinski definition) is 1. The lowest BCUT2D eigenvalue weighted by molar-refractivity contribution is 0.407. The van der Waals surface area contributed by atoms with Crippen molar-refractivity contribution in [1.29, 1.82) is 0 Å². The molecule has 1 fully saturated rings. The fourth-order valence-corrected chi connectivity index (χ4v) is 3.08. The maximum atomic E-state index is 5.45. The van der Waals surface area contributed by atoms with Gasteiger partial charge >= 0.3 is 0 Å². The van der Waals surface area contributed by atoms with Crippen molar-refractivity contribution < 1.29 is 0 Å². The third-order valence-electron chi connectivity index (χ3n) is 3.82. The largest absolute Gasteiger partial charge is 0.360 e. The van der Waals surface area contributed by atoms with Crippen LogP contribution in [-0.4, -0.2) is 17.2 Å². The van der Waals surface area contributed by atoms with Crippen LogP contribution < -0.4 is 10.6 Å². The zero-order valence-electron chi connectivity index (χ0n) is 12.1. The number of hydrogen-bond donors (Lipinski definition) is 2. The van der Waals surface area contributed by atoms with Crippen molar-refractivity contribution >= 4 is 17.3 Å². The topological polar surface area (TPSA) is 24.1 Å². The number of thiocarbonyl (C=S) groups is 1. The molecule has 18 heavy (non-hydrogen) atoms. The van der Waals surface area contributed by atoms with Gasteiger partial charge in [0.05, 0.1) is 0 Å². The van der Waals surface area contributed by atoms with E-state index in [0.29, 0.717) is 12.1 Å². The third kappa shape index (κ3) is 6.58. The summed E-state index contributed by atoms with van der Waals surface area (Å²) in [6.45, 7) is 4.50. The Bertz CT molecular complexity index is 225. The first kappa shape index (κ1) is 15.7. The van der Waals surface area contributed by atoms with Crippen LogP contribution in [0.25, 0.3) is 0 Å². The Balaban J connectivity index is 2.25. The molecule has 0 aromatic heterocycles. The van der Waals surface area contributed by atoms with E-state index in [-0.39, 0.29) is 0 Å². The van der Waals surface area contributed by atoms with Crippen LogP contribution >= 0.6 is 12.2 Å². The van der Waals surface area contributed by atoms with Gasteiger partial charge in [-0.05, 0) is 37.9 Å². The molecule has 0 saturated heterocycles. The Morgan fingerprint density at radius 2 is 1.83 bits per heavy atom. The van der Waals surface area contributed by atoms with E-state index in [1.54, 1.807) is 0 Å². The van der Waals surface area contributed by atoms with Gasteiger partial charge in [-0.3, -0.25) is 0 Å². The lowest BCUT2D eigenvalue weighted by Gasteiger charge is -2.27. The van der Waals surface area contributed by atoms with Crippen molar-refractivity contribution in [3.05, 3.63) is 0 Å². The molecule has 0 aromatic rings. The van der Waals surface area contributed by atoms with E-state index in [1.807, 2.05) is 0 Å². The molecule has 0 aliphatic heterocycles. The summed E-state index contributed by atoms with van der Waals surface area (Å²) in [4.78, 5) is 0. The average molecular weight is 270 g/mol. The summed E-state index contributed by atoms with van der Waals surface area (Å²) in [5, 5.41) is 7.91. The summed E-state index contributed by atoms with van der Waals surface area (Å²) >= 11 is 5.45. The lowest BCUT2D eigenvalue weighted by Crippen LogP contribution is -2.46. The van der Waals surface area contributed by atoms with Crippen LogP contribution in [0.3, 0.4) is 0 Å². The predicted octanol–water partition coefficient (Wildman–Crippen LogP) is 4.14. The molecule has 1 saturated carbocycles. The minimum absolute atomic E-state index is 0.568. The summed E-state index contributed by atoms with van der Waals surface area (Å²) in [5.41, 5.74) is 0. The van der Waals surface area contributed by atoms with Crippen LogP contribution in [-0.2, 0) is 0 Å². The number of rotatable bonds is 7. The van der Waals surface area contributed by atoms with E-state index in [1.165, 1.54) is 64.2 Å². The van der Waals surface area contributed by atoms with Crippen LogP contribution in [0.1, 0.15) is 78.1 Å². The summed E-state index contributed by atoms with van der Waals surface area (Å²) in [7, 11) is 0. The van der Waals surface area contributed by atoms with Gasteiger partial charge in [-0.1, -0.05) is 52.4 Å². The zero-order chi connectivity index (χ0) is 13.2. The first-order chi connectivity index (χ1) is 8.76. The van der Waals surface area contributed by atoms with Crippen molar-refractivity contribution in [2.75, 3.05) is 0 Å². The number of nitrogens with one attached hydrogen (secondary N) is 2. The van der Waals surface area contributed by atoms with Crippen LogP contribution in [0.15, 0.2) is 0 Å². The SMILES string of the molecule is CCCCC(CCC)NC(=S)NC1CCCCC1. The minimum atomic E-state index is 0.568. The fourth-order valence-electron chi connectivity index (χ4n) is 2.75. The maximum absolute atomic E-state index is 5.45. The van der Waals surface area contributed by atoms with E-state index in [0.717, 1.165) is 5.11 Å². The Kier molecular flexibility index (Phi) is 8.40. The smallest absolute Gasteiger partial charge is 0.166 e. The molecule has 1 atom stereocenters. The summed E-state index contributed by atoms with van der Waals surface area (Å²) in [5.74, 6) is 0. The molecule has 0 amide bonds. The quantitative estimate of drug-likeness (QED) is 0.680. The highest BCUT2D eigenvalue weighted by Gasteiger charge is 2.15. The van der Waals surface area contributed by atoms with E-state index < -0.39 is 0 Å². The normalized spacial score (nSPS) is 18.3. The Hall–Kier alpha value is -0.310. The molecule has 3 heteroatoms. The van der Waals surface area contributed by atoms with Crippen molar-refractivity contribution in [2.45, 2.75) is 90.1 Å². The number of unbranched alkanes of at least 4 members (excludes halogenated alkanes) is 1. The molecule has 2 N–H and O–H groups in total. The van der Waals surface area contributed by atoms with Gasteiger partial charge in [0, 0.05) is 12.1 Å². The molecule has 0 bridgehead atoms. The van der Waals surface area contributed by atoms with Crippen LogP contribution in [0.2, 0.25) is 0 Å². The predicted molar refractivity (Wildman–Crippen MR) is 84.0 cm³/mol. The Labute approximate surface area is 118 Å². The van der Waals surface area contributed by atoms with E-state index in [4.69, 9.17) is 12.2 Å². The van der Waals surface area contributed by atoms with Crippen molar-refractivity contribution in [3.63, 3.8) is 0 Å². The van der Waals surface area contributed by atoms with Gasteiger partial charge in [0.1, 0.15) is 0 Å². The van der Waals surface area contributed by atoms with Gasteiger partial charge < -0.3 is 10.6 Å². The van der Waals surface area contributed by atoms with Crippen LogP contribution in [0.4, 0.5) is 0 Å². The second-order valence-corrected chi connectivity index (χ2v) is 5.99. The molecule has 1 unspecified atom stereocenters. The van der Waals surface area contributed by atoms with Crippen molar-refractivity contribution in [3.8, 4) is 0 Å². The highest BCUT2D eigenvalue weighted by Crippen LogP contribution is 2.17. The molecule has 2 nitrogen and oxygen atoms in total. The second kappa shape index (κ2) is 9.60. The van der Waals surface area contributed by atoms with E-state index >= 15 is 0 Å². The molecule has 1 aliphatic rings. The van der Waals surface area contributed by atoms with Crippen molar-refractivity contribution in [2.24, 2.45) is 0 Å². The summed E-state index contributed by atoms with van der Waals surface area (Å²) < 4.78 is 0. The lowest BCUT2D eigenvalue weighted by atomic mass is 9.96. The average Bonchev–Trinajstić information content (AvgIpc) is 2.37. The van der Waals surface area contributed by atoms with Crippen molar-refractivity contribution in [1.82, 2.24) is 10.6 Å². The highest BCUT2D eigenvalue weighted by atomic mass is 32.1. The molecule has 106 valence electrons. The standard InChI is InChI=1S/C15H30N2S/c1-3-5-10-13(9-4-2)16-15(18)17-14-11-7-6-8-12-14/h13-14H,3-12H2,1-2H3,(H2,16,17,18). The Morgan fingerprint density at radius 3 is 2.44 bits per heavy atom. The maximum Gasteiger partial charge on any atom is 0.166 e. The van der Waals surface area contributed by atoms with Gasteiger partial charge in [-0.15, -0.1) is 0 Å². The van der Waals surface area contributed by atoms with Crippen LogP contribution in [0.5, 0.6) is 0 Å². The molecular weight excluding hydrogens is 240 g/mol. The first-order valence-corrected chi connectivity index (χ1v) is 8.24. The molecule has 1 aliphatic carbocycles. The summed E-state index contributed by atoms with van der Waals surface area (Å²) in [6, 6.07) is 1.19. The zero-order valence-corrected chi connectivity index (χ0v) is 13.0. The van der Waals surface area contributed by atoms with E-state index in [2.05, 4.69) is 24.5 Å². The first-order valence-electron chi connectivity index (χ1n) is 7.83. The molecule has 0 heterocycles. The van der Waals surface area contributed by atoms with Gasteiger partial charge in [-0.2, -0.15) is 0 Å². The Morgan fingerprint density at radius 1 is 1.11 bits per heavy atom. The second-order valence-electron chi connectivity index (χ2n) is 5.58. The molecule has 0 radical (unpaired) electrons. The molecule has 0 aromatic carbocycles. The molecule has 0 spiro atoms. The van der Waals surface area contributed by atoms with Gasteiger partial charge in [0.25, 0.3) is 0 Å². The highest BCUT2D eigenvalue weighted by molar-refractivity contribution is 7.80. The molecule has 1 rings (SSSR count). The van der Waals surface area contributed by atoms with Gasteiger partial charge in [0.2, 0.25) is 0 Å². The summed E-state index contributed by atoms with van der Waals surface area (Å²) in [6.07, 6.45) is 13.0. The third-order valence-corrected chi connectivity index (χ3v) is 4.05. The van der Waals surface area contributed by atoms with Gasteiger partial charge in [0.15, 0.2) is 5.11 Å². The fraction of sp³-hybridized carbons (Fsp3) is 0.933. The van der Waals surface area contributed by atoms with Crippen LogP contribution in [0, 0.1) is 0 Å². The molecular formula is C15H30N2S. The minimum Gasteiger partial charge on any atom is -0.360 e. The van der Waals surface area contributed by atoms with E-state index in [9.17, 15) is 0 Å².